The van der Waals surface area contributed by atoms with E-state index in [1.807, 2.05) is 56.3 Å². The largest absolute Gasteiger partial charge is 0.488 e. The van der Waals surface area contributed by atoms with Gasteiger partial charge in [0, 0.05) is 17.0 Å². The smallest absolute Gasteiger partial charge is 0.336 e. The number of carbonyl (C=O) groups excluding carboxylic acids is 1. The van der Waals surface area contributed by atoms with Crippen LogP contribution in [-0.4, -0.2) is 6.29 Å². The van der Waals surface area contributed by atoms with Crippen LogP contribution in [0.15, 0.2) is 63.8 Å². The van der Waals surface area contributed by atoms with Crippen molar-refractivity contribution in [3.05, 3.63) is 87.3 Å². The molecule has 0 aliphatic rings. The third kappa shape index (κ3) is 3.10. The van der Waals surface area contributed by atoms with Crippen LogP contribution >= 0.6 is 0 Å². The fourth-order valence-corrected chi connectivity index (χ4v) is 3.28. The van der Waals surface area contributed by atoms with Gasteiger partial charge in [0.2, 0.25) is 0 Å². The first-order valence-electron chi connectivity index (χ1n) is 8.70. The van der Waals surface area contributed by atoms with Crippen LogP contribution in [0.2, 0.25) is 0 Å². The van der Waals surface area contributed by atoms with Crippen molar-refractivity contribution in [3.63, 3.8) is 0 Å². The van der Waals surface area contributed by atoms with E-state index in [4.69, 9.17) is 9.15 Å². The van der Waals surface area contributed by atoms with E-state index >= 15 is 0 Å². The van der Waals surface area contributed by atoms with E-state index in [1.54, 1.807) is 6.07 Å². The van der Waals surface area contributed by atoms with Gasteiger partial charge in [-0.15, -0.1) is 0 Å². The minimum absolute atomic E-state index is 0.170. The first kappa shape index (κ1) is 17.0. The van der Waals surface area contributed by atoms with Gasteiger partial charge in [0.15, 0.2) is 6.29 Å². The van der Waals surface area contributed by atoms with Crippen LogP contribution < -0.4 is 10.4 Å². The summed E-state index contributed by atoms with van der Waals surface area (Å²) in [5.74, 6) is 0.494. The molecule has 0 bridgehead atoms. The van der Waals surface area contributed by atoms with E-state index in [-0.39, 0.29) is 6.61 Å². The highest BCUT2D eigenvalue weighted by Crippen LogP contribution is 2.28. The molecule has 0 aliphatic carbocycles. The maximum absolute atomic E-state index is 11.9. The van der Waals surface area contributed by atoms with Gasteiger partial charge in [-0.25, -0.2) is 4.79 Å². The van der Waals surface area contributed by atoms with Gasteiger partial charge in [0.1, 0.15) is 17.9 Å². The lowest BCUT2D eigenvalue weighted by Crippen LogP contribution is -2.05. The lowest BCUT2D eigenvalue weighted by Gasteiger charge is -2.12. The lowest BCUT2D eigenvalue weighted by molar-refractivity contribution is 0.112. The average Bonchev–Trinajstić information content (AvgIpc) is 2.67. The molecule has 0 amide bonds. The summed E-state index contributed by atoms with van der Waals surface area (Å²) in [6.45, 7) is 4.16. The number of hydrogen-bond donors (Lipinski definition) is 0. The molecule has 0 radical (unpaired) electrons. The summed E-state index contributed by atoms with van der Waals surface area (Å²) in [5, 5.41) is 2.66. The summed E-state index contributed by atoms with van der Waals surface area (Å²) >= 11 is 0. The van der Waals surface area contributed by atoms with Crippen LogP contribution in [0, 0.1) is 13.8 Å². The van der Waals surface area contributed by atoms with Crippen molar-refractivity contribution in [2.24, 2.45) is 0 Å². The van der Waals surface area contributed by atoms with Crippen LogP contribution in [0.3, 0.4) is 0 Å². The molecule has 0 spiro atoms. The topological polar surface area (TPSA) is 56.5 Å². The first-order valence-corrected chi connectivity index (χ1v) is 8.70. The SMILES string of the molecule is Cc1cc2oc(=O)cc(COc3ccc4ccccc4c3C=O)c2cc1C. The Bertz CT molecular complexity index is 1230. The molecule has 4 nitrogen and oxygen atoms in total. The van der Waals surface area contributed by atoms with Gasteiger partial charge >= 0.3 is 5.63 Å². The second-order valence-corrected chi connectivity index (χ2v) is 6.63. The zero-order chi connectivity index (χ0) is 19.0. The van der Waals surface area contributed by atoms with Crippen molar-refractivity contribution in [2.75, 3.05) is 0 Å². The number of fused-ring (bicyclic) bond motifs is 2. The number of aryl methyl sites for hydroxylation is 2. The van der Waals surface area contributed by atoms with Crippen LogP contribution in [0.1, 0.15) is 27.0 Å². The van der Waals surface area contributed by atoms with E-state index < -0.39 is 5.63 Å². The molecular weight excluding hydrogens is 340 g/mol. The molecule has 1 heterocycles. The maximum Gasteiger partial charge on any atom is 0.336 e. The second kappa shape index (κ2) is 6.72. The van der Waals surface area contributed by atoms with E-state index in [2.05, 4.69) is 0 Å². The average molecular weight is 358 g/mol. The summed E-state index contributed by atoms with van der Waals surface area (Å²) in [4.78, 5) is 23.6. The molecule has 4 rings (SSSR count). The molecule has 0 fully saturated rings. The molecule has 0 saturated heterocycles. The van der Waals surface area contributed by atoms with E-state index in [9.17, 15) is 9.59 Å². The van der Waals surface area contributed by atoms with Gasteiger partial charge < -0.3 is 9.15 Å². The van der Waals surface area contributed by atoms with Gasteiger partial charge in [0.05, 0.1) is 5.56 Å². The third-order valence-electron chi connectivity index (χ3n) is 4.88. The summed E-state index contributed by atoms with van der Waals surface area (Å²) in [6.07, 6.45) is 0.808. The third-order valence-corrected chi connectivity index (χ3v) is 4.88. The van der Waals surface area contributed by atoms with Gasteiger partial charge in [-0.05, 0) is 53.9 Å². The molecule has 0 unspecified atom stereocenters. The summed E-state index contributed by atoms with van der Waals surface area (Å²) < 4.78 is 11.3. The van der Waals surface area contributed by atoms with Gasteiger partial charge in [-0.1, -0.05) is 30.3 Å². The highest BCUT2D eigenvalue weighted by molar-refractivity contribution is 6.00. The maximum atomic E-state index is 11.9. The Labute approximate surface area is 156 Å². The second-order valence-electron chi connectivity index (χ2n) is 6.63. The highest BCUT2D eigenvalue weighted by atomic mass is 16.5. The summed E-state index contributed by atoms with van der Waals surface area (Å²) in [7, 11) is 0. The Balaban J connectivity index is 1.76. The summed E-state index contributed by atoms with van der Waals surface area (Å²) in [6, 6.07) is 16.7. The summed E-state index contributed by atoms with van der Waals surface area (Å²) in [5.41, 5.74) is 3.52. The Kier molecular flexibility index (Phi) is 4.24. The monoisotopic (exact) mass is 358 g/mol. The van der Waals surface area contributed by atoms with E-state index in [0.29, 0.717) is 16.9 Å². The quantitative estimate of drug-likeness (QED) is 0.382. The van der Waals surface area contributed by atoms with E-state index in [1.165, 1.54) is 6.07 Å². The van der Waals surface area contributed by atoms with Crippen LogP contribution in [0.5, 0.6) is 5.75 Å². The van der Waals surface area contributed by atoms with Crippen molar-refractivity contribution < 1.29 is 13.9 Å². The highest BCUT2D eigenvalue weighted by Gasteiger charge is 2.11. The fourth-order valence-electron chi connectivity index (χ4n) is 3.28. The van der Waals surface area contributed by atoms with Crippen molar-refractivity contribution in [3.8, 4) is 5.75 Å². The Hall–Kier alpha value is -3.40. The number of benzene rings is 3. The van der Waals surface area contributed by atoms with Crippen LogP contribution in [0.4, 0.5) is 0 Å². The molecule has 0 saturated carbocycles. The van der Waals surface area contributed by atoms with Gasteiger partial charge in [-0.3, -0.25) is 4.79 Å². The molecule has 0 atom stereocenters. The van der Waals surface area contributed by atoms with Crippen molar-refractivity contribution in [2.45, 2.75) is 20.5 Å². The minimum Gasteiger partial charge on any atom is -0.488 e. The number of carbonyl (C=O) groups is 1. The zero-order valence-electron chi connectivity index (χ0n) is 15.1. The molecule has 4 heteroatoms. The van der Waals surface area contributed by atoms with Gasteiger partial charge in [-0.2, -0.15) is 0 Å². The molecule has 4 aromatic rings. The molecule has 3 aromatic carbocycles. The Morgan fingerprint density at radius 3 is 2.56 bits per heavy atom. The first-order chi connectivity index (χ1) is 13.1. The normalized spacial score (nSPS) is 11.0. The van der Waals surface area contributed by atoms with Crippen LogP contribution in [0.25, 0.3) is 21.7 Å². The van der Waals surface area contributed by atoms with Crippen molar-refractivity contribution in [1.29, 1.82) is 0 Å². The number of rotatable bonds is 4. The molecule has 27 heavy (non-hydrogen) atoms. The zero-order valence-corrected chi connectivity index (χ0v) is 15.1. The molecule has 134 valence electrons. The molecular formula is C23H18O4. The number of aldehydes is 1. The predicted octanol–water partition coefficient (Wildman–Crippen LogP) is 4.95. The van der Waals surface area contributed by atoms with Crippen molar-refractivity contribution in [1.82, 2.24) is 0 Å². The van der Waals surface area contributed by atoms with Gasteiger partial charge in [0.25, 0.3) is 0 Å². The van der Waals surface area contributed by atoms with Crippen LogP contribution in [-0.2, 0) is 6.61 Å². The van der Waals surface area contributed by atoms with Crippen molar-refractivity contribution >= 4 is 28.0 Å². The fraction of sp³-hybridized carbons (Fsp3) is 0.130. The minimum atomic E-state index is -0.418. The number of hydrogen-bond acceptors (Lipinski definition) is 4. The standard InChI is InChI=1S/C23H18O4/c1-14-9-19-17(11-23(25)27-22(19)10-15(14)2)13-26-21-8-7-16-5-3-4-6-18(16)20(21)12-24/h3-12H,13H2,1-2H3. The predicted molar refractivity (Wildman–Crippen MR) is 106 cm³/mol. The molecule has 0 N–H and O–H groups in total. The molecule has 1 aromatic heterocycles. The Morgan fingerprint density at radius 2 is 1.74 bits per heavy atom. The number of ether oxygens (including phenoxy) is 1. The Morgan fingerprint density at radius 1 is 0.963 bits per heavy atom. The van der Waals surface area contributed by atoms with E-state index in [0.717, 1.165) is 39.1 Å². The lowest BCUT2D eigenvalue weighted by atomic mass is 10.0. The molecule has 0 aliphatic heterocycles.